The summed E-state index contributed by atoms with van der Waals surface area (Å²) >= 11 is 0. The Kier molecular flexibility index (Phi) is 3.67. The maximum absolute atomic E-state index is 12.2. The van der Waals surface area contributed by atoms with Gasteiger partial charge in [0.15, 0.2) is 0 Å². The highest BCUT2D eigenvalue weighted by Gasteiger charge is 2.29. The molecule has 0 saturated carbocycles. The quantitative estimate of drug-likeness (QED) is 0.756. The highest BCUT2D eigenvalue weighted by Crippen LogP contribution is 2.41. The Morgan fingerprint density at radius 3 is 2.32 bits per heavy atom. The van der Waals surface area contributed by atoms with Crippen LogP contribution in [0.3, 0.4) is 0 Å². The van der Waals surface area contributed by atoms with E-state index in [1.165, 1.54) is 6.92 Å². The molecular weight excluding hydrogens is 278 g/mol. The SMILES string of the molecule is CC(=O)OC1Cc2ccccc2N(C(C)=O)c2ccccc21. The first-order valence-corrected chi connectivity index (χ1v) is 7.22. The van der Waals surface area contributed by atoms with Gasteiger partial charge in [0.05, 0.1) is 11.4 Å². The molecule has 22 heavy (non-hydrogen) atoms. The van der Waals surface area contributed by atoms with E-state index in [1.807, 2.05) is 48.5 Å². The number of nitrogens with zero attached hydrogens (tertiary/aromatic N) is 1. The maximum Gasteiger partial charge on any atom is 0.303 e. The predicted molar refractivity (Wildman–Crippen MR) is 83.9 cm³/mol. The Hall–Kier alpha value is -2.62. The van der Waals surface area contributed by atoms with Crippen molar-refractivity contribution in [2.45, 2.75) is 26.4 Å². The third kappa shape index (κ3) is 2.48. The Bertz CT molecular complexity index is 739. The minimum Gasteiger partial charge on any atom is -0.457 e. The smallest absolute Gasteiger partial charge is 0.303 e. The fraction of sp³-hybridized carbons (Fsp3) is 0.222. The monoisotopic (exact) mass is 295 g/mol. The molecule has 112 valence electrons. The second-order valence-corrected chi connectivity index (χ2v) is 5.34. The van der Waals surface area contributed by atoms with Crippen molar-refractivity contribution >= 4 is 23.3 Å². The molecule has 0 fully saturated rings. The van der Waals surface area contributed by atoms with E-state index < -0.39 is 0 Å². The van der Waals surface area contributed by atoms with Gasteiger partial charge in [-0.25, -0.2) is 0 Å². The van der Waals surface area contributed by atoms with Gasteiger partial charge in [0.1, 0.15) is 6.10 Å². The summed E-state index contributed by atoms with van der Waals surface area (Å²) in [4.78, 5) is 25.4. The highest BCUT2D eigenvalue weighted by atomic mass is 16.5. The van der Waals surface area contributed by atoms with E-state index in [1.54, 1.807) is 11.8 Å². The molecule has 0 radical (unpaired) electrons. The van der Waals surface area contributed by atoms with Gasteiger partial charge in [-0.3, -0.25) is 14.5 Å². The molecule has 1 aliphatic rings. The number of rotatable bonds is 1. The highest BCUT2D eigenvalue weighted by molar-refractivity contribution is 6.01. The van der Waals surface area contributed by atoms with Crippen molar-refractivity contribution in [2.75, 3.05) is 4.90 Å². The second-order valence-electron chi connectivity index (χ2n) is 5.34. The van der Waals surface area contributed by atoms with Gasteiger partial charge in [-0.05, 0) is 17.7 Å². The van der Waals surface area contributed by atoms with Crippen LogP contribution in [-0.2, 0) is 20.7 Å². The lowest BCUT2D eigenvalue weighted by Crippen LogP contribution is -2.23. The zero-order valence-corrected chi connectivity index (χ0v) is 12.6. The minimum absolute atomic E-state index is 0.0663. The van der Waals surface area contributed by atoms with Gasteiger partial charge in [-0.15, -0.1) is 0 Å². The summed E-state index contributed by atoms with van der Waals surface area (Å²) < 4.78 is 5.51. The van der Waals surface area contributed by atoms with Crippen molar-refractivity contribution in [2.24, 2.45) is 0 Å². The third-order valence-electron chi connectivity index (χ3n) is 3.79. The Balaban J connectivity index is 2.23. The van der Waals surface area contributed by atoms with E-state index in [0.29, 0.717) is 6.42 Å². The van der Waals surface area contributed by atoms with E-state index in [9.17, 15) is 9.59 Å². The molecule has 1 amide bonds. The van der Waals surface area contributed by atoms with Gasteiger partial charge in [0.2, 0.25) is 5.91 Å². The van der Waals surface area contributed by atoms with Crippen LogP contribution in [-0.4, -0.2) is 11.9 Å². The number of anilines is 2. The molecule has 0 aliphatic carbocycles. The average Bonchev–Trinajstić information content (AvgIpc) is 2.61. The lowest BCUT2D eigenvalue weighted by atomic mass is 10.0. The summed E-state index contributed by atoms with van der Waals surface area (Å²) in [5.41, 5.74) is 3.45. The van der Waals surface area contributed by atoms with Crippen LogP contribution in [0.25, 0.3) is 0 Å². The number of para-hydroxylation sites is 2. The number of amides is 1. The average molecular weight is 295 g/mol. The van der Waals surface area contributed by atoms with Crippen LogP contribution in [0.5, 0.6) is 0 Å². The number of esters is 1. The van der Waals surface area contributed by atoms with Crippen LogP contribution in [0.4, 0.5) is 11.4 Å². The molecule has 0 aromatic heterocycles. The van der Waals surface area contributed by atoms with Gasteiger partial charge < -0.3 is 4.74 Å². The largest absolute Gasteiger partial charge is 0.457 e. The fourth-order valence-corrected chi connectivity index (χ4v) is 2.95. The first-order valence-electron chi connectivity index (χ1n) is 7.22. The number of ether oxygens (including phenoxy) is 1. The van der Waals surface area contributed by atoms with Gasteiger partial charge >= 0.3 is 5.97 Å². The van der Waals surface area contributed by atoms with Gasteiger partial charge in [0.25, 0.3) is 0 Å². The molecule has 1 aliphatic heterocycles. The summed E-state index contributed by atoms with van der Waals surface area (Å²) in [5, 5.41) is 0. The minimum atomic E-state index is -0.390. The van der Waals surface area contributed by atoms with Crippen molar-refractivity contribution in [3.05, 3.63) is 59.7 Å². The molecule has 2 aromatic rings. The third-order valence-corrected chi connectivity index (χ3v) is 3.79. The molecule has 1 unspecified atom stereocenters. The van der Waals surface area contributed by atoms with Crippen molar-refractivity contribution < 1.29 is 14.3 Å². The fourth-order valence-electron chi connectivity index (χ4n) is 2.95. The van der Waals surface area contributed by atoms with Crippen LogP contribution in [0.15, 0.2) is 48.5 Å². The lowest BCUT2D eigenvalue weighted by molar-refractivity contribution is -0.146. The van der Waals surface area contributed by atoms with Gasteiger partial charge in [0, 0.05) is 25.8 Å². The van der Waals surface area contributed by atoms with E-state index in [4.69, 9.17) is 4.74 Å². The van der Waals surface area contributed by atoms with E-state index >= 15 is 0 Å². The van der Waals surface area contributed by atoms with Gasteiger partial charge in [-0.1, -0.05) is 36.4 Å². The first-order chi connectivity index (χ1) is 10.6. The number of fused-ring (bicyclic) bond motifs is 2. The molecule has 0 bridgehead atoms. The second kappa shape index (κ2) is 5.64. The number of hydrogen-bond acceptors (Lipinski definition) is 3. The van der Waals surface area contributed by atoms with E-state index in [0.717, 1.165) is 22.5 Å². The number of carbonyl (C=O) groups is 2. The van der Waals surface area contributed by atoms with E-state index in [-0.39, 0.29) is 18.0 Å². The number of hydrogen-bond donors (Lipinski definition) is 0. The van der Waals surface area contributed by atoms with Crippen LogP contribution >= 0.6 is 0 Å². The molecule has 4 nitrogen and oxygen atoms in total. The molecule has 0 spiro atoms. The van der Waals surface area contributed by atoms with E-state index in [2.05, 4.69) is 0 Å². The normalized spacial score (nSPS) is 16.3. The summed E-state index contributed by atoms with van der Waals surface area (Å²) in [6, 6.07) is 15.3. The van der Waals surface area contributed by atoms with Gasteiger partial charge in [-0.2, -0.15) is 0 Å². The Labute approximate surface area is 129 Å². The van der Waals surface area contributed by atoms with Crippen LogP contribution < -0.4 is 4.90 Å². The summed E-state index contributed by atoms with van der Waals surface area (Å²) in [6.45, 7) is 2.95. The van der Waals surface area contributed by atoms with Crippen LogP contribution in [0.2, 0.25) is 0 Å². The zero-order chi connectivity index (χ0) is 15.7. The molecular formula is C18H17NO3. The topological polar surface area (TPSA) is 46.6 Å². The Morgan fingerprint density at radius 1 is 1.00 bits per heavy atom. The summed E-state index contributed by atoms with van der Waals surface area (Å²) in [5.74, 6) is -0.392. The van der Waals surface area contributed by atoms with Crippen molar-refractivity contribution in [1.82, 2.24) is 0 Å². The van der Waals surface area contributed by atoms with Crippen LogP contribution in [0.1, 0.15) is 31.1 Å². The Morgan fingerprint density at radius 2 is 1.64 bits per heavy atom. The maximum atomic E-state index is 12.2. The number of carbonyl (C=O) groups excluding carboxylic acids is 2. The van der Waals surface area contributed by atoms with Crippen molar-refractivity contribution in [3.8, 4) is 0 Å². The number of benzene rings is 2. The van der Waals surface area contributed by atoms with Crippen molar-refractivity contribution in [1.29, 1.82) is 0 Å². The van der Waals surface area contributed by atoms with Crippen molar-refractivity contribution in [3.63, 3.8) is 0 Å². The molecule has 4 heteroatoms. The molecule has 0 saturated heterocycles. The molecule has 2 aromatic carbocycles. The standard InChI is InChI=1S/C18H17NO3/c1-12(20)19-16-9-5-3-7-14(16)11-18(22-13(2)21)15-8-4-6-10-17(15)19/h3-10,18H,11H2,1-2H3. The molecule has 0 N–H and O–H groups in total. The predicted octanol–water partition coefficient (Wildman–Crippen LogP) is 3.53. The zero-order valence-electron chi connectivity index (χ0n) is 12.6. The summed E-state index contributed by atoms with van der Waals surface area (Å²) in [7, 11) is 0. The summed E-state index contributed by atoms with van der Waals surface area (Å²) in [6.07, 6.45) is 0.162. The lowest BCUT2D eigenvalue weighted by Gasteiger charge is -2.23. The van der Waals surface area contributed by atoms with Crippen LogP contribution in [0, 0.1) is 0 Å². The molecule has 3 rings (SSSR count). The first kappa shape index (κ1) is 14.3. The molecule has 1 atom stereocenters. The molecule has 1 heterocycles.